The summed E-state index contributed by atoms with van der Waals surface area (Å²) in [5.41, 5.74) is -0.273. The van der Waals surface area contributed by atoms with Crippen LogP contribution in [0.1, 0.15) is 27.2 Å². The van der Waals surface area contributed by atoms with E-state index in [0.717, 1.165) is 0 Å². The zero-order valence-corrected chi connectivity index (χ0v) is 11.6. The van der Waals surface area contributed by atoms with Crippen LogP contribution in [0.15, 0.2) is 0 Å². The normalized spacial score (nSPS) is 11.6. The molecule has 7 heteroatoms. The number of carbonyl (C=O) groups excluding carboxylic acids is 2. The summed E-state index contributed by atoms with van der Waals surface area (Å²) >= 11 is 15.6. The first-order chi connectivity index (χ1) is 6.02. The van der Waals surface area contributed by atoms with Gasteiger partial charge < -0.3 is 4.74 Å². The molecule has 0 aliphatic heterocycles. The summed E-state index contributed by atoms with van der Waals surface area (Å²) in [7, 11) is 0. The fourth-order valence-electron chi connectivity index (χ4n) is 0.630. The van der Waals surface area contributed by atoms with E-state index in [1.54, 1.807) is 0 Å². The van der Waals surface area contributed by atoms with Crippen LogP contribution in [-0.4, -0.2) is 15.7 Å². The van der Waals surface area contributed by atoms with Gasteiger partial charge >= 0.3 is 11.9 Å². The number of esters is 2. The number of hydrogen-bond acceptors (Lipinski definition) is 3. The number of alkyl halides is 3. The van der Waals surface area contributed by atoms with Crippen molar-refractivity contribution in [1.82, 2.24) is 0 Å². The average Bonchev–Trinajstić information content (AvgIpc) is 1.79. The monoisotopic (exact) mass is 318 g/mol. The van der Waals surface area contributed by atoms with Crippen LogP contribution in [0.4, 0.5) is 0 Å². The molecule has 0 aliphatic carbocycles. The molecule has 0 fully saturated rings. The minimum absolute atomic E-state index is 0. The molecule has 0 aromatic heterocycles. The molecule has 0 unspecified atom stereocenters. The number of halogens is 3. The number of ether oxygens (including phenoxy) is 1. The van der Waals surface area contributed by atoms with Gasteiger partial charge in [-0.15, -0.1) is 0 Å². The fourth-order valence-corrected chi connectivity index (χ4v) is 0.746. The van der Waals surface area contributed by atoms with E-state index < -0.39 is 15.7 Å². The van der Waals surface area contributed by atoms with E-state index in [1.807, 2.05) is 20.8 Å². The van der Waals surface area contributed by atoms with Crippen LogP contribution in [-0.2, 0) is 30.8 Å². The molecule has 0 radical (unpaired) electrons. The topological polar surface area (TPSA) is 43.4 Å². The van der Waals surface area contributed by atoms with Gasteiger partial charge in [0.15, 0.2) is 0 Å². The second kappa shape index (κ2) is 6.29. The molecule has 0 aromatic carbocycles. The molecule has 0 bridgehead atoms. The van der Waals surface area contributed by atoms with Crippen LogP contribution in [0.25, 0.3) is 0 Å². The van der Waals surface area contributed by atoms with Crippen LogP contribution in [0.2, 0.25) is 0 Å². The molecule has 0 saturated heterocycles. The Kier molecular flexibility index (Phi) is 7.50. The Morgan fingerprint density at radius 3 is 1.80 bits per heavy atom. The van der Waals surface area contributed by atoms with E-state index in [1.165, 1.54) is 0 Å². The van der Waals surface area contributed by atoms with Crippen LogP contribution >= 0.6 is 34.8 Å². The molecule has 92 valence electrons. The van der Waals surface area contributed by atoms with E-state index in [0.29, 0.717) is 0 Å². The minimum atomic E-state index is -2.20. The third-order valence-electron chi connectivity index (χ3n) is 1.11. The summed E-state index contributed by atoms with van der Waals surface area (Å²) < 4.78 is 2.12. The second-order valence-electron chi connectivity index (χ2n) is 4.00. The Hall–Kier alpha value is 0.504. The van der Waals surface area contributed by atoms with Gasteiger partial charge in [0.05, 0.1) is 6.42 Å². The van der Waals surface area contributed by atoms with Crippen molar-refractivity contribution < 1.29 is 30.8 Å². The van der Waals surface area contributed by atoms with Crippen LogP contribution in [0.3, 0.4) is 0 Å². The Morgan fingerprint density at radius 1 is 1.13 bits per heavy atom. The van der Waals surface area contributed by atoms with Gasteiger partial charge in [-0.25, -0.2) is 4.79 Å². The summed E-state index contributed by atoms with van der Waals surface area (Å²) in [5, 5.41) is 0. The zero-order chi connectivity index (χ0) is 11.6. The maximum Gasteiger partial charge on any atom is 0.366 e. The van der Waals surface area contributed by atoms with Gasteiger partial charge in [0, 0.05) is 16.5 Å². The van der Waals surface area contributed by atoms with Crippen molar-refractivity contribution in [3.05, 3.63) is 0 Å². The largest absolute Gasteiger partial charge is 0.390 e. The van der Waals surface area contributed by atoms with E-state index in [-0.39, 0.29) is 28.3 Å². The maximum atomic E-state index is 11.1. The van der Waals surface area contributed by atoms with Gasteiger partial charge in [0.2, 0.25) is 0 Å². The van der Waals surface area contributed by atoms with E-state index in [2.05, 4.69) is 4.74 Å². The molecule has 0 N–H and O–H groups in total. The maximum absolute atomic E-state index is 11.1. The van der Waals surface area contributed by atoms with Crippen LogP contribution in [0.5, 0.6) is 0 Å². The van der Waals surface area contributed by atoms with Gasteiger partial charge in [0.1, 0.15) is 0 Å². The van der Waals surface area contributed by atoms with Crippen molar-refractivity contribution in [2.45, 2.75) is 31.0 Å². The first-order valence-corrected chi connectivity index (χ1v) is 4.97. The first kappa shape index (κ1) is 17.9. The van der Waals surface area contributed by atoms with Crippen molar-refractivity contribution in [1.29, 1.82) is 0 Å². The second-order valence-corrected chi connectivity index (χ2v) is 6.28. The SMILES string of the molecule is CC(C)(C)CC(=O)OC(=O)C(Cl)(Cl)Cl.[Ni]. The van der Waals surface area contributed by atoms with Gasteiger partial charge in [-0.05, 0) is 5.41 Å². The minimum Gasteiger partial charge on any atom is -0.390 e. The molecule has 0 amide bonds. The predicted octanol–water partition coefficient (Wildman–Crippen LogP) is 2.86. The van der Waals surface area contributed by atoms with Crippen LogP contribution < -0.4 is 0 Å². The molecular formula is C8H11Cl3NiO3. The average molecular weight is 320 g/mol. The van der Waals surface area contributed by atoms with E-state index >= 15 is 0 Å². The molecule has 0 spiro atoms. The Bertz CT molecular complexity index is 242. The predicted molar refractivity (Wildman–Crippen MR) is 55.5 cm³/mol. The third-order valence-corrected chi connectivity index (χ3v) is 1.58. The fraction of sp³-hybridized carbons (Fsp3) is 0.750. The number of rotatable bonds is 1. The molecule has 0 aromatic rings. The molecule has 0 rings (SSSR count). The van der Waals surface area contributed by atoms with Gasteiger partial charge in [-0.3, -0.25) is 4.79 Å². The molecule has 0 heterocycles. The van der Waals surface area contributed by atoms with Crippen LogP contribution in [0, 0.1) is 5.41 Å². The van der Waals surface area contributed by atoms with Gasteiger partial charge in [-0.1, -0.05) is 55.6 Å². The van der Waals surface area contributed by atoms with Gasteiger partial charge in [0.25, 0.3) is 3.79 Å². The molecule has 0 saturated carbocycles. The molecular weight excluding hydrogens is 309 g/mol. The number of hydrogen-bond donors (Lipinski definition) is 0. The Morgan fingerprint density at radius 2 is 1.53 bits per heavy atom. The molecule has 0 aliphatic rings. The third kappa shape index (κ3) is 9.43. The van der Waals surface area contributed by atoms with Gasteiger partial charge in [-0.2, -0.15) is 0 Å². The first-order valence-electron chi connectivity index (χ1n) is 3.84. The van der Waals surface area contributed by atoms with Crippen molar-refractivity contribution in [2.24, 2.45) is 5.41 Å². The zero-order valence-electron chi connectivity index (χ0n) is 8.38. The quantitative estimate of drug-likeness (QED) is 0.323. The summed E-state index contributed by atoms with van der Waals surface area (Å²) in [5.74, 6) is -1.87. The standard InChI is InChI=1S/C8H11Cl3O3.Ni/c1-7(2,3)4-5(12)14-6(13)8(9,10)11;/h4H2,1-3H3;. The Balaban J connectivity index is 0. The Labute approximate surface area is 114 Å². The summed E-state index contributed by atoms with van der Waals surface area (Å²) in [4.78, 5) is 22.0. The number of carbonyl (C=O) groups is 2. The van der Waals surface area contributed by atoms with E-state index in [4.69, 9.17) is 34.8 Å². The van der Waals surface area contributed by atoms with Crippen molar-refractivity contribution in [3.63, 3.8) is 0 Å². The summed E-state index contributed by atoms with van der Waals surface area (Å²) in [6, 6.07) is 0. The molecule has 3 nitrogen and oxygen atoms in total. The molecule has 15 heavy (non-hydrogen) atoms. The van der Waals surface area contributed by atoms with E-state index in [9.17, 15) is 9.59 Å². The smallest absolute Gasteiger partial charge is 0.366 e. The summed E-state index contributed by atoms with van der Waals surface area (Å²) in [6.07, 6.45) is 0.0828. The van der Waals surface area contributed by atoms with Crippen molar-refractivity contribution >= 4 is 46.7 Å². The van der Waals surface area contributed by atoms with Crippen molar-refractivity contribution in [3.8, 4) is 0 Å². The van der Waals surface area contributed by atoms with Crippen molar-refractivity contribution in [2.75, 3.05) is 0 Å². The summed E-state index contributed by atoms with van der Waals surface area (Å²) in [6.45, 7) is 5.48. The molecule has 0 atom stereocenters.